The Balaban J connectivity index is 1.46. The average molecular weight is 495 g/mol. The van der Waals surface area contributed by atoms with Crippen molar-refractivity contribution in [2.45, 2.75) is 38.9 Å². The Labute approximate surface area is 205 Å². The molecule has 0 radical (unpaired) electrons. The van der Waals surface area contributed by atoms with E-state index in [0.29, 0.717) is 51.7 Å². The Hall–Kier alpha value is -3.30. The van der Waals surface area contributed by atoms with E-state index in [1.807, 2.05) is 42.2 Å². The van der Waals surface area contributed by atoms with Crippen molar-refractivity contribution in [1.29, 1.82) is 0 Å². The molecule has 1 fully saturated rings. The maximum Gasteiger partial charge on any atom is 0.281 e. The van der Waals surface area contributed by atoms with Crippen LogP contribution < -0.4 is 15.8 Å². The second kappa shape index (κ2) is 9.52. The van der Waals surface area contributed by atoms with Crippen LogP contribution >= 0.6 is 22.9 Å². The summed E-state index contributed by atoms with van der Waals surface area (Å²) in [6.45, 7) is 3.48. The minimum atomic E-state index is -0.327. The molecule has 1 amide bonds. The lowest BCUT2D eigenvalue weighted by atomic mass is 10.2. The van der Waals surface area contributed by atoms with Crippen LogP contribution in [0.5, 0.6) is 0 Å². The molecule has 1 aromatic carbocycles. The number of carbonyl (C=O) groups is 1. The summed E-state index contributed by atoms with van der Waals surface area (Å²) in [5, 5.41) is 4.19. The van der Waals surface area contributed by atoms with Gasteiger partial charge in [0, 0.05) is 30.9 Å². The zero-order valence-corrected chi connectivity index (χ0v) is 20.1. The van der Waals surface area contributed by atoms with Gasteiger partial charge in [-0.1, -0.05) is 53.3 Å². The second-order valence-corrected chi connectivity index (χ2v) is 9.44. The smallest absolute Gasteiger partial charge is 0.281 e. The van der Waals surface area contributed by atoms with Gasteiger partial charge in [0.05, 0.1) is 0 Å². The van der Waals surface area contributed by atoms with Gasteiger partial charge in [0.15, 0.2) is 21.3 Å². The molecule has 4 aromatic rings. The van der Waals surface area contributed by atoms with Gasteiger partial charge in [-0.25, -0.2) is 9.97 Å². The SMILES string of the molecule is CCn1c(-c2cc(Cl)ccn2)nc2sc(N3CCCC3C(=O)NCc3ccccc3)nc2c1=O. The first-order chi connectivity index (χ1) is 16.5. The van der Waals surface area contributed by atoms with Crippen molar-refractivity contribution in [3.63, 3.8) is 0 Å². The summed E-state index contributed by atoms with van der Waals surface area (Å²) in [5.41, 5.74) is 1.66. The second-order valence-electron chi connectivity index (χ2n) is 8.05. The summed E-state index contributed by atoms with van der Waals surface area (Å²) in [6.07, 6.45) is 3.21. The number of halogens is 1. The van der Waals surface area contributed by atoms with Crippen molar-refractivity contribution in [2.24, 2.45) is 0 Å². The van der Waals surface area contributed by atoms with Gasteiger partial charge in [0.2, 0.25) is 5.91 Å². The van der Waals surface area contributed by atoms with Crippen LogP contribution in [-0.2, 0) is 17.9 Å². The highest BCUT2D eigenvalue weighted by atomic mass is 35.5. The molecule has 0 bridgehead atoms. The Bertz CT molecular complexity index is 1400. The first kappa shape index (κ1) is 22.5. The van der Waals surface area contributed by atoms with Crippen LogP contribution in [0.25, 0.3) is 21.9 Å². The number of anilines is 1. The van der Waals surface area contributed by atoms with Crippen molar-refractivity contribution < 1.29 is 4.79 Å². The van der Waals surface area contributed by atoms with E-state index >= 15 is 0 Å². The predicted molar refractivity (Wildman–Crippen MR) is 134 cm³/mol. The summed E-state index contributed by atoms with van der Waals surface area (Å²) in [7, 11) is 0. The molecule has 0 saturated carbocycles. The number of fused-ring (bicyclic) bond motifs is 1. The van der Waals surface area contributed by atoms with E-state index in [0.717, 1.165) is 18.4 Å². The highest BCUT2D eigenvalue weighted by Crippen LogP contribution is 2.32. The molecule has 1 aliphatic rings. The Kier molecular flexibility index (Phi) is 6.30. The van der Waals surface area contributed by atoms with Crippen molar-refractivity contribution >= 4 is 44.3 Å². The summed E-state index contributed by atoms with van der Waals surface area (Å²) < 4.78 is 1.55. The van der Waals surface area contributed by atoms with Crippen LogP contribution in [0.15, 0.2) is 53.5 Å². The molecule has 0 aliphatic carbocycles. The van der Waals surface area contributed by atoms with Gasteiger partial charge in [-0.2, -0.15) is 0 Å². The number of pyridine rings is 1. The highest BCUT2D eigenvalue weighted by Gasteiger charge is 2.33. The average Bonchev–Trinajstić information content (AvgIpc) is 3.50. The molecule has 1 saturated heterocycles. The third kappa shape index (κ3) is 4.28. The zero-order chi connectivity index (χ0) is 23.7. The first-order valence-electron chi connectivity index (χ1n) is 11.2. The van der Waals surface area contributed by atoms with Crippen LogP contribution in [0, 0.1) is 0 Å². The summed E-state index contributed by atoms with van der Waals surface area (Å²) in [5.74, 6) is 0.416. The van der Waals surface area contributed by atoms with Gasteiger partial charge in [-0.05, 0) is 37.5 Å². The molecule has 1 atom stereocenters. The third-order valence-electron chi connectivity index (χ3n) is 5.89. The number of rotatable bonds is 6. The lowest BCUT2D eigenvalue weighted by molar-refractivity contribution is -0.122. The van der Waals surface area contributed by atoms with E-state index in [4.69, 9.17) is 16.6 Å². The van der Waals surface area contributed by atoms with Crippen molar-refractivity contribution in [3.8, 4) is 11.5 Å². The Morgan fingerprint density at radius 3 is 2.82 bits per heavy atom. The van der Waals surface area contributed by atoms with Crippen molar-refractivity contribution in [1.82, 2.24) is 24.8 Å². The van der Waals surface area contributed by atoms with Crippen LogP contribution in [0.4, 0.5) is 5.13 Å². The van der Waals surface area contributed by atoms with Gasteiger partial charge in [0.25, 0.3) is 5.56 Å². The van der Waals surface area contributed by atoms with Crippen molar-refractivity contribution in [3.05, 3.63) is 69.6 Å². The van der Waals surface area contributed by atoms with E-state index < -0.39 is 0 Å². The molecule has 1 N–H and O–H groups in total. The molecule has 34 heavy (non-hydrogen) atoms. The maximum absolute atomic E-state index is 13.3. The Morgan fingerprint density at radius 2 is 2.06 bits per heavy atom. The fraction of sp³-hybridized carbons (Fsp3) is 0.292. The monoisotopic (exact) mass is 494 g/mol. The molecule has 10 heteroatoms. The largest absolute Gasteiger partial charge is 0.350 e. The van der Waals surface area contributed by atoms with Gasteiger partial charge in [0.1, 0.15) is 11.7 Å². The molecule has 3 aromatic heterocycles. The molecule has 1 unspecified atom stereocenters. The third-order valence-corrected chi connectivity index (χ3v) is 7.11. The van der Waals surface area contributed by atoms with Crippen LogP contribution in [0.1, 0.15) is 25.3 Å². The van der Waals surface area contributed by atoms with E-state index in [2.05, 4.69) is 15.3 Å². The number of thiazole rings is 1. The van der Waals surface area contributed by atoms with Crippen LogP contribution in [0.3, 0.4) is 0 Å². The first-order valence-corrected chi connectivity index (χ1v) is 12.4. The molecule has 0 spiro atoms. The minimum absolute atomic E-state index is 0.0386. The number of aromatic nitrogens is 4. The number of nitrogens with zero attached hydrogens (tertiary/aromatic N) is 5. The quantitative estimate of drug-likeness (QED) is 0.437. The van der Waals surface area contributed by atoms with Gasteiger partial charge >= 0.3 is 0 Å². The van der Waals surface area contributed by atoms with E-state index in [1.54, 1.807) is 22.9 Å². The van der Waals surface area contributed by atoms with Gasteiger partial charge in [-0.3, -0.25) is 19.1 Å². The standard InChI is InChI=1S/C24H23ClN6O2S/c1-2-30-20(17-13-16(25)10-11-26-17)29-22-19(23(30)33)28-24(34-22)31-12-6-9-18(31)21(32)27-14-15-7-4-3-5-8-15/h3-5,7-8,10-11,13,18H,2,6,9,12,14H2,1H3,(H,27,32). The number of benzene rings is 1. The number of hydrogen-bond acceptors (Lipinski definition) is 7. The number of amides is 1. The topological polar surface area (TPSA) is 93.0 Å². The Morgan fingerprint density at radius 1 is 1.24 bits per heavy atom. The normalized spacial score (nSPS) is 15.7. The molecular weight excluding hydrogens is 472 g/mol. The van der Waals surface area contributed by atoms with Gasteiger partial charge < -0.3 is 10.2 Å². The highest BCUT2D eigenvalue weighted by molar-refractivity contribution is 7.21. The lowest BCUT2D eigenvalue weighted by Crippen LogP contribution is -2.43. The maximum atomic E-state index is 13.3. The molecule has 5 rings (SSSR count). The molecule has 4 heterocycles. The predicted octanol–water partition coefficient (Wildman–Crippen LogP) is 3.87. The summed E-state index contributed by atoms with van der Waals surface area (Å²) >= 11 is 7.47. The van der Waals surface area contributed by atoms with Crippen LogP contribution in [0.2, 0.25) is 5.02 Å². The fourth-order valence-electron chi connectivity index (χ4n) is 4.21. The zero-order valence-electron chi connectivity index (χ0n) is 18.6. The summed E-state index contributed by atoms with van der Waals surface area (Å²) in [6, 6.07) is 12.9. The van der Waals surface area contributed by atoms with Gasteiger partial charge in [-0.15, -0.1) is 0 Å². The van der Waals surface area contributed by atoms with Crippen molar-refractivity contribution in [2.75, 3.05) is 11.4 Å². The summed E-state index contributed by atoms with van der Waals surface area (Å²) in [4.78, 5) is 42.4. The van der Waals surface area contributed by atoms with E-state index in [-0.39, 0.29) is 17.5 Å². The number of carbonyl (C=O) groups excluding carboxylic acids is 1. The molecule has 8 nitrogen and oxygen atoms in total. The van der Waals surface area contributed by atoms with E-state index in [1.165, 1.54) is 11.3 Å². The number of nitrogens with one attached hydrogen (secondary N) is 1. The van der Waals surface area contributed by atoms with E-state index in [9.17, 15) is 9.59 Å². The molecule has 174 valence electrons. The molecular formula is C24H23ClN6O2S. The fourth-order valence-corrected chi connectivity index (χ4v) is 5.37. The molecule has 1 aliphatic heterocycles. The minimum Gasteiger partial charge on any atom is -0.350 e. The lowest BCUT2D eigenvalue weighted by Gasteiger charge is -2.23. The number of hydrogen-bond donors (Lipinski definition) is 1. The van der Waals surface area contributed by atoms with Crippen LogP contribution in [-0.4, -0.2) is 38.0 Å².